The number of hydrogen-bond acceptors (Lipinski definition) is 4. The summed E-state index contributed by atoms with van der Waals surface area (Å²) in [5.74, 6) is 0.582. The Morgan fingerprint density at radius 1 is 1.50 bits per heavy atom. The van der Waals surface area contributed by atoms with Crippen molar-refractivity contribution in [3.05, 3.63) is 23.7 Å². The van der Waals surface area contributed by atoms with Gasteiger partial charge >= 0.3 is 0 Å². The second-order valence-corrected chi connectivity index (χ2v) is 5.81. The average Bonchev–Trinajstić information content (AvgIpc) is 2.73. The molecule has 1 saturated heterocycles. The summed E-state index contributed by atoms with van der Waals surface area (Å²) in [7, 11) is 3.93. The lowest BCUT2D eigenvalue weighted by Crippen LogP contribution is -2.36. The highest BCUT2D eigenvalue weighted by Gasteiger charge is 2.26. The molecule has 1 aliphatic rings. The molecule has 0 aliphatic carbocycles. The van der Waals surface area contributed by atoms with Crippen molar-refractivity contribution in [1.82, 2.24) is 9.80 Å². The average molecular weight is 280 g/mol. The van der Waals surface area contributed by atoms with Crippen LogP contribution in [0.2, 0.25) is 0 Å². The molecule has 0 saturated carbocycles. The van der Waals surface area contributed by atoms with Gasteiger partial charge in [-0.25, -0.2) is 0 Å². The standard InChI is InChI=1S/C15H24N2O3/c1-16(2)10-13-6-8-20-14(13)15(19)17-7-4-3-5-12(9-17)11-18/h6,8,12,18H,3-5,7,9-11H2,1-2H3. The number of hydrogen-bond donors (Lipinski definition) is 1. The Balaban J connectivity index is 2.11. The number of aliphatic hydroxyl groups is 1. The van der Waals surface area contributed by atoms with Crippen LogP contribution in [0.1, 0.15) is 35.4 Å². The first-order valence-electron chi connectivity index (χ1n) is 7.23. The number of amides is 1. The van der Waals surface area contributed by atoms with E-state index in [2.05, 4.69) is 0 Å². The van der Waals surface area contributed by atoms with Crippen LogP contribution in [0, 0.1) is 5.92 Å². The minimum absolute atomic E-state index is 0.0489. The summed E-state index contributed by atoms with van der Waals surface area (Å²) in [6, 6.07) is 1.86. The Bertz CT molecular complexity index is 442. The molecule has 1 aliphatic heterocycles. The molecular formula is C15H24N2O3. The fourth-order valence-electron chi connectivity index (χ4n) is 2.70. The van der Waals surface area contributed by atoms with Gasteiger partial charge in [0.05, 0.1) is 6.26 Å². The van der Waals surface area contributed by atoms with E-state index in [9.17, 15) is 9.90 Å². The van der Waals surface area contributed by atoms with Gasteiger partial charge in [-0.2, -0.15) is 0 Å². The van der Waals surface area contributed by atoms with Crippen LogP contribution in [0.4, 0.5) is 0 Å². The van der Waals surface area contributed by atoms with Gasteiger partial charge in [0.2, 0.25) is 0 Å². The fraction of sp³-hybridized carbons (Fsp3) is 0.667. The van der Waals surface area contributed by atoms with Gasteiger partial charge < -0.3 is 19.3 Å². The number of furan rings is 1. The quantitative estimate of drug-likeness (QED) is 0.909. The zero-order valence-corrected chi connectivity index (χ0v) is 12.3. The molecule has 2 rings (SSSR count). The van der Waals surface area contributed by atoms with Gasteiger partial charge in [-0.05, 0) is 38.9 Å². The van der Waals surface area contributed by atoms with E-state index >= 15 is 0 Å². The van der Waals surface area contributed by atoms with E-state index in [-0.39, 0.29) is 18.4 Å². The maximum Gasteiger partial charge on any atom is 0.289 e. The van der Waals surface area contributed by atoms with Crippen LogP contribution >= 0.6 is 0 Å². The number of rotatable bonds is 4. The van der Waals surface area contributed by atoms with Gasteiger partial charge in [0.1, 0.15) is 0 Å². The monoisotopic (exact) mass is 280 g/mol. The van der Waals surface area contributed by atoms with Crippen molar-refractivity contribution in [2.24, 2.45) is 5.92 Å². The number of nitrogens with zero attached hydrogens (tertiary/aromatic N) is 2. The predicted molar refractivity (Wildman–Crippen MR) is 76.4 cm³/mol. The van der Waals surface area contributed by atoms with E-state index in [1.807, 2.05) is 30.0 Å². The number of carbonyl (C=O) groups is 1. The summed E-state index contributed by atoms with van der Waals surface area (Å²) >= 11 is 0. The zero-order valence-electron chi connectivity index (χ0n) is 12.3. The van der Waals surface area contributed by atoms with E-state index in [1.165, 1.54) is 0 Å². The smallest absolute Gasteiger partial charge is 0.289 e. The fourth-order valence-corrected chi connectivity index (χ4v) is 2.70. The summed E-state index contributed by atoms with van der Waals surface area (Å²) < 4.78 is 5.41. The highest BCUT2D eigenvalue weighted by molar-refractivity contribution is 5.93. The summed E-state index contributed by atoms with van der Waals surface area (Å²) in [5.41, 5.74) is 0.921. The number of carbonyl (C=O) groups excluding carboxylic acids is 1. The molecule has 1 amide bonds. The third-order valence-electron chi connectivity index (χ3n) is 3.74. The molecule has 0 bridgehead atoms. The first kappa shape index (κ1) is 15.1. The topological polar surface area (TPSA) is 56.9 Å². The second-order valence-electron chi connectivity index (χ2n) is 5.81. The normalized spacial score (nSPS) is 20.2. The van der Waals surface area contributed by atoms with Gasteiger partial charge in [0.25, 0.3) is 5.91 Å². The molecule has 5 nitrogen and oxygen atoms in total. The van der Waals surface area contributed by atoms with Crippen molar-refractivity contribution in [3.8, 4) is 0 Å². The van der Waals surface area contributed by atoms with Crippen LogP contribution in [0.3, 0.4) is 0 Å². The van der Waals surface area contributed by atoms with Gasteiger partial charge in [0.15, 0.2) is 5.76 Å². The molecule has 1 N–H and O–H groups in total. The van der Waals surface area contributed by atoms with Crippen LogP contribution in [0.25, 0.3) is 0 Å². The maximum absolute atomic E-state index is 12.6. The minimum Gasteiger partial charge on any atom is -0.459 e. The van der Waals surface area contributed by atoms with Crippen molar-refractivity contribution in [3.63, 3.8) is 0 Å². The molecule has 1 aromatic rings. The molecule has 1 atom stereocenters. The van der Waals surface area contributed by atoms with E-state index in [4.69, 9.17) is 4.42 Å². The lowest BCUT2D eigenvalue weighted by atomic mass is 10.0. The molecule has 20 heavy (non-hydrogen) atoms. The van der Waals surface area contributed by atoms with Gasteiger partial charge in [-0.15, -0.1) is 0 Å². The van der Waals surface area contributed by atoms with Gasteiger partial charge in [-0.1, -0.05) is 6.42 Å². The molecule has 1 unspecified atom stereocenters. The Labute approximate surface area is 120 Å². The molecule has 112 valence electrons. The van der Waals surface area contributed by atoms with Crippen molar-refractivity contribution < 1.29 is 14.3 Å². The Kier molecular flexibility index (Phi) is 5.20. The van der Waals surface area contributed by atoms with Crippen molar-refractivity contribution in [1.29, 1.82) is 0 Å². The highest BCUT2D eigenvalue weighted by Crippen LogP contribution is 2.20. The zero-order chi connectivity index (χ0) is 14.5. The van der Waals surface area contributed by atoms with Crippen LogP contribution in [0.5, 0.6) is 0 Å². The number of likely N-dealkylation sites (tertiary alicyclic amines) is 1. The number of aliphatic hydroxyl groups excluding tert-OH is 1. The SMILES string of the molecule is CN(C)Cc1ccoc1C(=O)N1CCCCC(CO)C1. The third kappa shape index (κ3) is 3.61. The minimum atomic E-state index is -0.0489. The van der Waals surface area contributed by atoms with Crippen molar-refractivity contribution in [2.45, 2.75) is 25.8 Å². The Morgan fingerprint density at radius 2 is 2.30 bits per heavy atom. The molecule has 0 spiro atoms. The molecule has 1 fully saturated rings. The largest absolute Gasteiger partial charge is 0.459 e. The highest BCUT2D eigenvalue weighted by atomic mass is 16.3. The lowest BCUT2D eigenvalue weighted by Gasteiger charge is -2.23. The third-order valence-corrected chi connectivity index (χ3v) is 3.74. The van der Waals surface area contributed by atoms with Crippen molar-refractivity contribution in [2.75, 3.05) is 33.8 Å². The van der Waals surface area contributed by atoms with E-state index in [0.29, 0.717) is 18.8 Å². The van der Waals surface area contributed by atoms with Crippen LogP contribution in [0.15, 0.2) is 16.7 Å². The lowest BCUT2D eigenvalue weighted by molar-refractivity contribution is 0.0686. The van der Waals surface area contributed by atoms with Crippen LogP contribution < -0.4 is 0 Å². The first-order chi connectivity index (χ1) is 9.61. The molecule has 5 heteroatoms. The first-order valence-corrected chi connectivity index (χ1v) is 7.23. The summed E-state index contributed by atoms with van der Waals surface area (Å²) in [6.07, 6.45) is 4.63. The summed E-state index contributed by atoms with van der Waals surface area (Å²) in [6.45, 7) is 2.20. The van der Waals surface area contributed by atoms with Crippen molar-refractivity contribution >= 4 is 5.91 Å². The summed E-state index contributed by atoms with van der Waals surface area (Å²) in [5, 5.41) is 9.35. The maximum atomic E-state index is 12.6. The summed E-state index contributed by atoms with van der Waals surface area (Å²) in [4.78, 5) is 16.4. The van der Waals surface area contributed by atoms with Crippen LogP contribution in [-0.2, 0) is 6.54 Å². The molecule has 1 aromatic heterocycles. The molecule has 0 aromatic carbocycles. The second kappa shape index (κ2) is 6.90. The molecule has 0 radical (unpaired) electrons. The van der Waals surface area contributed by atoms with Gasteiger partial charge in [-0.3, -0.25) is 4.79 Å². The predicted octanol–water partition coefficient (Wildman–Crippen LogP) is 1.58. The molecule has 2 heterocycles. The molecular weight excluding hydrogens is 256 g/mol. The van der Waals surface area contributed by atoms with E-state index in [0.717, 1.165) is 31.4 Å². The van der Waals surface area contributed by atoms with E-state index < -0.39 is 0 Å². The Morgan fingerprint density at radius 3 is 3.00 bits per heavy atom. The van der Waals surface area contributed by atoms with Gasteiger partial charge in [0, 0.05) is 31.8 Å². The van der Waals surface area contributed by atoms with E-state index in [1.54, 1.807) is 6.26 Å². The van der Waals surface area contributed by atoms with Crippen LogP contribution in [-0.4, -0.2) is 54.6 Å². The Hall–Kier alpha value is -1.33.